The first-order chi connectivity index (χ1) is 8.61. The number of piperidine rings is 1. The topological polar surface area (TPSA) is 71.2 Å². The van der Waals surface area contributed by atoms with Gasteiger partial charge in [0.2, 0.25) is 5.91 Å². The van der Waals surface area contributed by atoms with E-state index in [1.54, 1.807) is 13.2 Å². The number of aromatic nitrogens is 1. The molecule has 5 nitrogen and oxygen atoms in total. The van der Waals surface area contributed by atoms with Crippen LogP contribution in [0.25, 0.3) is 0 Å². The van der Waals surface area contributed by atoms with Crippen LogP contribution >= 0.6 is 0 Å². The normalized spacial score (nSPS) is 16.7. The summed E-state index contributed by atoms with van der Waals surface area (Å²) in [5.41, 5.74) is 7.49. The quantitative estimate of drug-likeness (QED) is 0.817. The molecule has 0 aromatic carbocycles. The molecular weight excluding hydrogens is 228 g/mol. The van der Waals surface area contributed by atoms with Gasteiger partial charge in [0.15, 0.2) is 0 Å². The van der Waals surface area contributed by atoms with Crippen LogP contribution in [0.15, 0.2) is 12.3 Å². The van der Waals surface area contributed by atoms with Gasteiger partial charge in [0.1, 0.15) is 5.82 Å². The molecule has 5 heteroatoms. The minimum Gasteiger partial charge on any atom is -0.397 e. The number of nitrogen functional groups attached to an aromatic ring is 1. The molecule has 0 radical (unpaired) electrons. The first-order valence-electron chi connectivity index (χ1n) is 6.30. The fourth-order valence-corrected chi connectivity index (χ4v) is 2.48. The van der Waals surface area contributed by atoms with E-state index in [4.69, 9.17) is 5.73 Å². The van der Waals surface area contributed by atoms with Gasteiger partial charge in [-0.3, -0.25) is 4.79 Å². The Morgan fingerprint density at radius 2 is 2.17 bits per heavy atom. The Labute approximate surface area is 107 Å². The third kappa shape index (κ3) is 2.55. The molecule has 1 amide bonds. The molecule has 3 N–H and O–H groups in total. The first-order valence-corrected chi connectivity index (χ1v) is 6.30. The van der Waals surface area contributed by atoms with Crippen LogP contribution in [0.4, 0.5) is 11.5 Å². The fourth-order valence-electron chi connectivity index (χ4n) is 2.48. The molecule has 18 heavy (non-hydrogen) atoms. The van der Waals surface area contributed by atoms with E-state index in [1.807, 2.05) is 13.0 Å². The fraction of sp³-hybridized carbons (Fsp3) is 0.538. The number of carbonyl (C=O) groups is 1. The molecule has 0 atom stereocenters. The van der Waals surface area contributed by atoms with Crippen molar-refractivity contribution in [3.05, 3.63) is 17.8 Å². The average molecular weight is 248 g/mol. The molecule has 0 unspecified atom stereocenters. The second kappa shape index (κ2) is 5.25. The molecule has 0 bridgehead atoms. The SMILES string of the molecule is CNC(=O)C1CCN(c2ncc(N)cc2C)CC1. The number of nitrogens with zero attached hydrogens (tertiary/aromatic N) is 2. The molecule has 98 valence electrons. The van der Waals surface area contributed by atoms with E-state index in [1.165, 1.54) is 0 Å². The van der Waals surface area contributed by atoms with Crippen molar-refractivity contribution < 1.29 is 4.79 Å². The van der Waals surface area contributed by atoms with Crippen LogP contribution in [0.1, 0.15) is 18.4 Å². The maximum absolute atomic E-state index is 11.6. The highest BCUT2D eigenvalue weighted by Gasteiger charge is 2.25. The number of pyridine rings is 1. The molecular formula is C13H20N4O. The van der Waals surface area contributed by atoms with E-state index >= 15 is 0 Å². The largest absolute Gasteiger partial charge is 0.397 e. The van der Waals surface area contributed by atoms with Gasteiger partial charge in [0.05, 0.1) is 11.9 Å². The Hall–Kier alpha value is -1.78. The summed E-state index contributed by atoms with van der Waals surface area (Å²) in [6, 6.07) is 1.94. The Balaban J connectivity index is 2.03. The van der Waals surface area contributed by atoms with Gasteiger partial charge >= 0.3 is 0 Å². The van der Waals surface area contributed by atoms with Crippen molar-refractivity contribution in [1.29, 1.82) is 0 Å². The van der Waals surface area contributed by atoms with Gasteiger partial charge < -0.3 is 16.0 Å². The van der Waals surface area contributed by atoms with Crippen molar-refractivity contribution in [2.75, 3.05) is 30.8 Å². The lowest BCUT2D eigenvalue weighted by Crippen LogP contribution is -2.40. The van der Waals surface area contributed by atoms with Crippen LogP contribution in [0.2, 0.25) is 0 Å². The van der Waals surface area contributed by atoms with Crippen LogP contribution in [0.3, 0.4) is 0 Å². The summed E-state index contributed by atoms with van der Waals surface area (Å²) in [4.78, 5) is 18.2. The Morgan fingerprint density at radius 3 is 2.72 bits per heavy atom. The lowest BCUT2D eigenvalue weighted by molar-refractivity contribution is -0.125. The molecule has 1 aliphatic rings. The highest BCUT2D eigenvalue weighted by Crippen LogP contribution is 2.25. The zero-order chi connectivity index (χ0) is 13.1. The lowest BCUT2D eigenvalue weighted by Gasteiger charge is -2.32. The van der Waals surface area contributed by atoms with Crippen LogP contribution in [0, 0.1) is 12.8 Å². The summed E-state index contributed by atoms with van der Waals surface area (Å²) >= 11 is 0. The molecule has 1 aromatic heterocycles. The number of anilines is 2. The second-order valence-corrected chi connectivity index (χ2v) is 4.78. The number of hydrogen-bond acceptors (Lipinski definition) is 4. The third-order valence-corrected chi connectivity index (χ3v) is 3.48. The van der Waals surface area contributed by atoms with E-state index in [0.29, 0.717) is 5.69 Å². The van der Waals surface area contributed by atoms with Crippen molar-refractivity contribution in [2.24, 2.45) is 5.92 Å². The summed E-state index contributed by atoms with van der Waals surface area (Å²) in [7, 11) is 1.69. The van der Waals surface area contributed by atoms with Crippen LogP contribution < -0.4 is 16.0 Å². The number of carbonyl (C=O) groups excluding carboxylic acids is 1. The number of nitrogens with two attached hydrogens (primary N) is 1. The molecule has 2 heterocycles. The molecule has 0 spiro atoms. The van der Waals surface area contributed by atoms with Gasteiger partial charge in [-0.2, -0.15) is 0 Å². The van der Waals surface area contributed by atoms with Gasteiger partial charge in [-0.05, 0) is 31.4 Å². The molecule has 1 aromatic rings. The summed E-state index contributed by atoms with van der Waals surface area (Å²) < 4.78 is 0. The third-order valence-electron chi connectivity index (χ3n) is 3.48. The maximum atomic E-state index is 11.6. The summed E-state index contributed by atoms with van der Waals surface area (Å²) in [5.74, 6) is 1.27. The highest BCUT2D eigenvalue weighted by atomic mass is 16.1. The zero-order valence-corrected chi connectivity index (χ0v) is 10.9. The predicted octanol–water partition coefficient (Wildman–Crippen LogP) is 0.935. The Kier molecular flexibility index (Phi) is 3.69. The smallest absolute Gasteiger partial charge is 0.222 e. The monoisotopic (exact) mass is 248 g/mol. The van der Waals surface area contributed by atoms with Gasteiger partial charge in [0, 0.05) is 26.1 Å². The maximum Gasteiger partial charge on any atom is 0.222 e. The highest BCUT2D eigenvalue weighted by molar-refractivity contribution is 5.78. The number of aryl methyl sites for hydroxylation is 1. The zero-order valence-electron chi connectivity index (χ0n) is 10.9. The van der Waals surface area contributed by atoms with Crippen molar-refractivity contribution in [1.82, 2.24) is 10.3 Å². The minimum absolute atomic E-state index is 0.139. The summed E-state index contributed by atoms with van der Waals surface area (Å²) in [6.45, 7) is 3.76. The molecule has 1 fully saturated rings. The minimum atomic E-state index is 0.139. The molecule has 2 rings (SSSR count). The molecule has 1 aliphatic heterocycles. The molecule has 1 saturated heterocycles. The van der Waals surface area contributed by atoms with Crippen molar-refractivity contribution in [2.45, 2.75) is 19.8 Å². The predicted molar refractivity (Wildman–Crippen MR) is 72.4 cm³/mol. The number of nitrogens with one attached hydrogen (secondary N) is 1. The molecule has 0 saturated carbocycles. The van der Waals surface area contributed by atoms with Crippen molar-refractivity contribution in [3.8, 4) is 0 Å². The average Bonchev–Trinajstić information content (AvgIpc) is 2.38. The lowest BCUT2D eigenvalue weighted by atomic mass is 9.96. The van der Waals surface area contributed by atoms with Crippen LogP contribution in [-0.2, 0) is 4.79 Å². The van der Waals surface area contributed by atoms with E-state index < -0.39 is 0 Å². The Bertz CT molecular complexity index is 439. The van der Waals surface area contributed by atoms with E-state index in [2.05, 4.69) is 15.2 Å². The van der Waals surface area contributed by atoms with E-state index in [0.717, 1.165) is 37.3 Å². The number of amides is 1. The standard InChI is InChI=1S/C13H20N4O/c1-9-7-11(14)8-16-12(9)17-5-3-10(4-6-17)13(18)15-2/h7-8,10H,3-6,14H2,1-2H3,(H,15,18). The van der Waals surface area contributed by atoms with Gasteiger partial charge in [0.25, 0.3) is 0 Å². The van der Waals surface area contributed by atoms with Crippen LogP contribution in [-0.4, -0.2) is 31.0 Å². The van der Waals surface area contributed by atoms with E-state index in [-0.39, 0.29) is 11.8 Å². The van der Waals surface area contributed by atoms with E-state index in [9.17, 15) is 4.79 Å². The van der Waals surface area contributed by atoms with Gasteiger partial charge in [-0.25, -0.2) is 4.98 Å². The molecule has 0 aliphatic carbocycles. The number of hydrogen-bond donors (Lipinski definition) is 2. The van der Waals surface area contributed by atoms with Crippen molar-refractivity contribution in [3.63, 3.8) is 0 Å². The number of rotatable bonds is 2. The Morgan fingerprint density at radius 1 is 1.50 bits per heavy atom. The van der Waals surface area contributed by atoms with Crippen LogP contribution in [0.5, 0.6) is 0 Å². The summed E-state index contributed by atoms with van der Waals surface area (Å²) in [6.07, 6.45) is 3.45. The second-order valence-electron chi connectivity index (χ2n) is 4.78. The van der Waals surface area contributed by atoms with Gasteiger partial charge in [-0.15, -0.1) is 0 Å². The summed E-state index contributed by atoms with van der Waals surface area (Å²) in [5, 5.41) is 2.72. The first kappa shape index (κ1) is 12.7. The van der Waals surface area contributed by atoms with Crippen molar-refractivity contribution >= 4 is 17.4 Å². The van der Waals surface area contributed by atoms with Gasteiger partial charge in [-0.1, -0.05) is 0 Å².